The lowest BCUT2D eigenvalue weighted by Crippen LogP contribution is -2.37. The number of anilines is 1. The standard InChI is InChI=1S/C18H23N5O2/c1-11(2)18-19-8-7-16(21-18)20-14-9-25-10-15(14)23-17(24)6-5-13(22-23)12-3-4-12/h5-8,11-12,14-15H,3-4,9-10H2,1-2H3,(H,19,20,21). The Morgan fingerprint density at radius 2 is 2.08 bits per heavy atom. The summed E-state index contributed by atoms with van der Waals surface area (Å²) in [7, 11) is 0. The van der Waals surface area contributed by atoms with Gasteiger partial charge >= 0.3 is 0 Å². The van der Waals surface area contributed by atoms with Gasteiger partial charge in [0.2, 0.25) is 0 Å². The van der Waals surface area contributed by atoms with Crippen LogP contribution in [0.1, 0.15) is 56.1 Å². The van der Waals surface area contributed by atoms with Crippen LogP contribution in [0.25, 0.3) is 0 Å². The Hall–Kier alpha value is -2.28. The molecular formula is C18H23N5O2. The lowest BCUT2D eigenvalue weighted by Gasteiger charge is -2.21. The second kappa shape index (κ2) is 6.55. The summed E-state index contributed by atoms with van der Waals surface area (Å²) in [6.07, 6.45) is 4.08. The van der Waals surface area contributed by atoms with Gasteiger partial charge in [0.05, 0.1) is 24.9 Å². The molecule has 2 atom stereocenters. The Morgan fingerprint density at radius 3 is 2.84 bits per heavy atom. The Bertz CT molecular complexity index is 815. The maximum atomic E-state index is 12.3. The third-order valence-corrected chi connectivity index (χ3v) is 4.73. The molecule has 3 heterocycles. The molecule has 0 radical (unpaired) electrons. The monoisotopic (exact) mass is 341 g/mol. The normalized spacial score (nSPS) is 23.2. The highest BCUT2D eigenvalue weighted by atomic mass is 16.5. The molecule has 1 N–H and O–H groups in total. The first-order chi connectivity index (χ1) is 12.1. The van der Waals surface area contributed by atoms with Crippen molar-refractivity contribution in [3.05, 3.63) is 46.3 Å². The van der Waals surface area contributed by atoms with Gasteiger partial charge in [-0.15, -0.1) is 0 Å². The van der Waals surface area contributed by atoms with E-state index >= 15 is 0 Å². The molecule has 7 heteroatoms. The van der Waals surface area contributed by atoms with Crippen molar-refractivity contribution < 1.29 is 4.74 Å². The Labute approximate surface area is 146 Å². The molecule has 2 aliphatic rings. The molecule has 132 valence electrons. The Balaban J connectivity index is 1.57. The van der Waals surface area contributed by atoms with Crippen LogP contribution in [-0.4, -0.2) is 39.0 Å². The highest BCUT2D eigenvalue weighted by molar-refractivity contribution is 5.35. The third kappa shape index (κ3) is 3.42. The molecule has 4 rings (SSSR count). The van der Waals surface area contributed by atoms with E-state index in [0.29, 0.717) is 19.1 Å². The molecule has 2 aromatic rings. The highest BCUT2D eigenvalue weighted by Gasteiger charge is 2.33. The average Bonchev–Trinajstić information content (AvgIpc) is 3.36. The molecule has 1 saturated heterocycles. The topological polar surface area (TPSA) is 81.9 Å². The lowest BCUT2D eigenvalue weighted by molar-refractivity contribution is 0.182. The van der Waals surface area contributed by atoms with Crippen LogP contribution in [0.3, 0.4) is 0 Å². The molecule has 25 heavy (non-hydrogen) atoms. The van der Waals surface area contributed by atoms with E-state index in [0.717, 1.165) is 30.2 Å². The third-order valence-electron chi connectivity index (χ3n) is 4.73. The van der Waals surface area contributed by atoms with Gasteiger partial charge in [0.15, 0.2) is 0 Å². The molecule has 7 nitrogen and oxygen atoms in total. The number of nitrogens with one attached hydrogen (secondary N) is 1. The first kappa shape index (κ1) is 16.2. The highest BCUT2D eigenvalue weighted by Crippen LogP contribution is 2.38. The van der Waals surface area contributed by atoms with Crippen LogP contribution in [0, 0.1) is 0 Å². The summed E-state index contributed by atoms with van der Waals surface area (Å²) in [6.45, 7) is 5.12. The number of rotatable bonds is 5. The number of hydrogen-bond donors (Lipinski definition) is 1. The molecule has 0 aromatic carbocycles. The van der Waals surface area contributed by atoms with Crippen molar-refractivity contribution in [2.75, 3.05) is 18.5 Å². The van der Waals surface area contributed by atoms with E-state index in [-0.39, 0.29) is 23.6 Å². The summed E-state index contributed by atoms with van der Waals surface area (Å²) in [5.41, 5.74) is 0.923. The van der Waals surface area contributed by atoms with Crippen LogP contribution in [0.5, 0.6) is 0 Å². The van der Waals surface area contributed by atoms with Crippen molar-refractivity contribution in [3.63, 3.8) is 0 Å². The van der Waals surface area contributed by atoms with E-state index in [9.17, 15) is 4.79 Å². The van der Waals surface area contributed by atoms with Crippen LogP contribution in [-0.2, 0) is 4.74 Å². The van der Waals surface area contributed by atoms with Crippen LogP contribution >= 0.6 is 0 Å². The molecule has 1 aliphatic carbocycles. The van der Waals surface area contributed by atoms with E-state index in [1.807, 2.05) is 12.1 Å². The maximum Gasteiger partial charge on any atom is 0.267 e. The molecule has 1 saturated carbocycles. The van der Waals surface area contributed by atoms with Gasteiger partial charge in [0.1, 0.15) is 17.7 Å². The molecule has 1 aliphatic heterocycles. The number of hydrogen-bond acceptors (Lipinski definition) is 6. The van der Waals surface area contributed by atoms with Gasteiger partial charge in [-0.3, -0.25) is 4.79 Å². The predicted molar refractivity (Wildman–Crippen MR) is 93.9 cm³/mol. The second-order valence-corrected chi connectivity index (χ2v) is 7.13. The molecule has 0 bridgehead atoms. The zero-order chi connectivity index (χ0) is 17.4. The van der Waals surface area contributed by atoms with Gasteiger partial charge in [-0.25, -0.2) is 14.6 Å². The summed E-state index contributed by atoms with van der Waals surface area (Å²) in [6, 6.07) is 5.14. The summed E-state index contributed by atoms with van der Waals surface area (Å²) in [4.78, 5) is 21.2. The first-order valence-electron chi connectivity index (χ1n) is 8.89. The smallest absolute Gasteiger partial charge is 0.267 e. The summed E-state index contributed by atoms with van der Waals surface area (Å²) in [5.74, 6) is 2.32. The first-order valence-corrected chi connectivity index (χ1v) is 8.89. The van der Waals surface area contributed by atoms with Crippen LogP contribution in [0.15, 0.2) is 29.2 Å². The number of ether oxygens (including phenoxy) is 1. The summed E-state index contributed by atoms with van der Waals surface area (Å²) < 4.78 is 7.23. The average molecular weight is 341 g/mol. The summed E-state index contributed by atoms with van der Waals surface area (Å²) in [5, 5.41) is 8.01. The summed E-state index contributed by atoms with van der Waals surface area (Å²) >= 11 is 0. The van der Waals surface area contributed by atoms with Crippen molar-refractivity contribution in [2.24, 2.45) is 0 Å². The quantitative estimate of drug-likeness (QED) is 0.897. The molecular weight excluding hydrogens is 318 g/mol. The van der Waals surface area contributed by atoms with Crippen molar-refractivity contribution in [1.82, 2.24) is 19.7 Å². The van der Waals surface area contributed by atoms with Crippen LogP contribution in [0.4, 0.5) is 5.82 Å². The number of nitrogens with zero attached hydrogens (tertiary/aromatic N) is 4. The van der Waals surface area contributed by atoms with Gasteiger partial charge in [0.25, 0.3) is 5.56 Å². The Morgan fingerprint density at radius 1 is 1.24 bits per heavy atom. The zero-order valence-electron chi connectivity index (χ0n) is 14.6. The lowest BCUT2D eigenvalue weighted by atomic mass is 10.1. The minimum Gasteiger partial charge on any atom is -0.377 e. The fraction of sp³-hybridized carbons (Fsp3) is 0.556. The number of aromatic nitrogens is 4. The molecule has 2 aromatic heterocycles. The van der Waals surface area contributed by atoms with Crippen LogP contribution in [0.2, 0.25) is 0 Å². The van der Waals surface area contributed by atoms with E-state index in [4.69, 9.17) is 4.74 Å². The largest absolute Gasteiger partial charge is 0.377 e. The van der Waals surface area contributed by atoms with Crippen molar-refractivity contribution in [2.45, 2.75) is 50.6 Å². The minimum atomic E-state index is -0.135. The fourth-order valence-electron chi connectivity index (χ4n) is 3.12. The van der Waals surface area contributed by atoms with E-state index in [2.05, 4.69) is 34.2 Å². The zero-order valence-corrected chi connectivity index (χ0v) is 14.6. The van der Waals surface area contributed by atoms with Crippen molar-refractivity contribution in [1.29, 1.82) is 0 Å². The Kier molecular flexibility index (Phi) is 4.25. The molecule has 0 spiro atoms. The van der Waals surface area contributed by atoms with Crippen LogP contribution < -0.4 is 10.9 Å². The van der Waals surface area contributed by atoms with Crippen molar-refractivity contribution in [3.8, 4) is 0 Å². The van der Waals surface area contributed by atoms with Gasteiger partial charge < -0.3 is 10.1 Å². The van der Waals surface area contributed by atoms with Gasteiger partial charge in [-0.1, -0.05) is 13.8 Å². The van der Waals surface area contributed by atoms with Crippen molar-refractivity contribution >= 4 is 5.82 Å². The van der Waals surface area contributed by atoms with Gasteiger partial charge in [0, 0.05) is 24.1 Å². The maximum absolute atomic E-state index is 12.3. The minimum absolute atomic E-state index is 0.0467. The molecule has 2 fully saturated rings. The van der Waals surface area contributed by atoms with E-state index in [1.54, 1.807) is 16.9 Å². The second-order valence-electron chi connectivity index (χ2n) is 7.13. The molecule has 0 amide bonds. The van der Waals surface area contributed by atoms with E-state index in [1.165, 1.54) is 0 Å². The predicted octanol–water partition coefficient (Wildman–Crippen LogP) is 2.09. The van der Waals surface area contributed by atoms with Gasteiger partial charge in [-0.05, 0) is 25.0 Å². The molecule has 2 unspecified atom stereocenters. The van der Waals surface area contributed by atoms with E-state index < -0.39 is 0 Å². The fourth-order valence-corrected chi connectivity index (χ4v) is 3.12. The van der Waals surface area contributed by atoms with Gasteiger partial charge in [-0.2, -0.15) is 5.10 Å². The SMILES string of the molecule is CC(C)c1nccc(NC2COCC2n2nc(C3CC3)ccc2=O)n1.